The second-order valence-corrected chi connectivity index (χ2v) is 6.44. The summed E-state index contributed by atoms with van der Waals surface area (Å²) >= 11 is 0. The van der Waals surface area contributed by atoms with E-state index in [-0.39, 0.29) is 5.91 Å². The Kier molecular flexibility index (Phi) is 4.64. The molecular formula is C19H24N2O2. The van der Waals surface area contributed by atoms with Crippen LogP contribution in [-0.2, 0) is 16.1 Å². The monoisotopic (exact) mass is 312 g/mol. The van der Waals surface area contributed by atoms with Crippen LogP contribution in [0.25, 0.3) is 10.8 Å². The molecule has 3 rings (SSSR count). The van der Waals surface area contributed by atoms with Gasteiger partial charge in [0.05, 0.1) is 5.41 Å². The van der Waals surface area contributed by atoms with Crippen molar-refractivity contribution < 1.29 is 9.53 Å². The first-order chi connectivity index (χ1) is 11.1. The summed E-state index contributed by atoms with van der Waals surface area (Å²) in [5.74, 6) is 0.136. The second-order valence-electron chi connectivity index (χ2n) is 6.44. The van der Waals surface area contributed by atoms with Gasteiger partial charge in [-0.15, -0.1) is 0 Å². The van der Waals surface area contributed by atoms with E-state index in [2.05, 4.69) is 30.3 Å². The molecule has 122 valence electrons. The molecule has 2 N–H and O–H groups in total. The van der Waals surface area contributed by atoms with Gasteiger partial charge in [-0.3, -0.25) is 4.79 Å². The SMILES string of the molecule is CN(Cc1ccc2ccccc2c1)C(=O)C1(CN)CCOCC1. The van der Waals surface area contributed by atoms with E-state index < -0.39 is 5.41 Å². The molecule has 0 saturated carbocycles. The Morgan fingerprint density at radius 1 is 1.17 bits per heavy atom. The fraction of sp³-hybridized carbons (Fsp3) is 0.421. The number of nitrogens with two attached hydrogens (primary N) is 1. The molecule has 0 radical (unpaired) electrons. The van der Waals surface area contributed by atoms with Crippen molar-refractivity contribution in [1.29, 1.82) is 0 Å². The molecule has 23 heavy (non-hydrogen) atoms. The molecule has 1 saturated heterocycles. The van der Waals surface area contributed by atoms with E-state index in [1.807, 2.05) is 24.1 Å². The second kappa shape index (κ2) is 6.69. The minimum absolute atomic E-state index is 0.136. The summed E-state index contributed by atoms with van der Waals surface area (Å²) < 4.78 is 5.40. The van der Waals surface area contributed by atoms with Gasteiger partial charge in [0.25, 0.3) is 0 Å². The van der Waals surface area contributed by atoms with Crippen molar-refractivity contribution in [3.8, 4) is 0 Å². The molecule has 0 bridgehead atoms. The number of hydrogen-bond acceptors (Lipinski definition) is 3. The first-order valence-corrected chi connectivity index (χ1v) is 8.16. The van der Waals surface area contributed by atoms with E-state index in [0.29, 0.717) is 39.1 Å². The van der Waals surface area contributed by atoms with Crippen molar-refractivity contribution in [3.63, 3.8) is 0 Å². The van der Waals surface area contributed by atoms with E-state index in [1.165, 1.54) is 10.8 Å². The third-order valence-electron chi connectivity index (χ3n) is 4.87. The van der Waals surface area contributed by atoms with Gasteiger partial charge in [-0.2, -0.15) is 0 Å². The average Bonchev–Trinajstić information content (AvgIpc) is 2.61. The summed E-state index contributed by atoms with van der Waals surface area (Å²) in [6.07, 6.45) is 1.43. The van der Waals surface area contributed by atoms with Gasteiger partial charge in [-0.25, -0.2) is 0 Å². The highest BCUT2D eigenvalue weighted by atomic mass is 16.5. The highest BCUT2D eigenvalue weighted by Gasteiger charge is 2.40. The molecule has 1 fully saturated rings. The molecule has 1 aliphatic rings. The molecule has 0 aromatic heterocycles. The molecule has 1 amide bonds. The van der Waals surface area contributed by atoms with Crippen LogP contribution in [0.4, 0.5) is 0 Å². The van der Waals surface area contributed by atoms with Crippen LogP contribution in [0.15, 0.2) is 42.5 Å². The number of amides is 1. The van der Waals surface area contributed by atoms with Crippen LogP contribution in [0.2, 0.25) is 0 Å². The maximum Gasteiger partial charge on any atom is 0.230 e. The van der Waals surface area contributed by atoms with Crippen molar-refractivity contribution in [2.75, 3.05) is 26.8 Å². The first-order valence-electron chi connectivity index (χ1n) is 8.16. The predicted molar refractivity (Wildman–Crippen MR) is 92.0 cm³/mol. The normalized spacial score (nSPS) is 17.1. The largest absolute Gasteiger partial charge is 0.381 e. The summed E-state index contributed by atoms with van der Waals surface area (Å²) in [5, 5.41) is 2.42. The Balaban J connectivity index is 1.76. The molecule has 4 nitrogen and oxygen atoms in total. The van der Waals surface area contributed by atoms with E-state index >= 15 is 0 Å². The summed E-state index contributed by atoms with van der Waals surface area (Å²) in [7, 11) is 1.87. The van der Waals surface area contributed by atoms with Crippen molar-refractivity contribution in [3.05, 3.63) is 48.0 Å². The van der Waals surface area contributed by atoms with Crippen LogP contribution in [0, 0.1) is 5.41 Å². The molecule has 4 heteroatoms. The molecule has 1 aliphatic heterocycles. The third-order valence-corrected chi connectivity index (χ3v) is 4.87. The maximum absolute atomic E-state index is 12.9. The number of carbonyl (C=O) groups excluding carboxylic acids is 1. The summed E-state index contributed by atoms with van der Waals surface area (Å²) in [6.45, 7) is 2.23. The summed E-state index contributed by atoms with van der Waals surface area (Å²) in [6, 6.07) is 14.6. The van der Waals surface area contributed by atoms with Crippen molar-refractivity contribution >= 4 is 16.7 Å². The van der Waals surface area contributed by atoms with Crippen LogP contribution in [0.5, 0.6) is 0 Å². The van der Waals surface area contributed by atoms with E-state index in [9.17, 15) is 4.79 Å². The van der Waals surface area contributed by atoms with E-state index in [4.69, 9.17) is 10.5 Å². The van der Waals surface area contributed by atoms with Crippen LogP contribution < -0.4 is 5.73 Å². The zero-order valence-electron chi connectivity index (χ0n) is 13.6. The number of carbonyl (C=O) groups is 1. The van der Waals surface area contributed by atoms with Crippen LogP contribution in [0.3, 0.4) is 0 Å². The van der Waals surface area contributed by atoms with Crippen molar-refractivity contribution in [1.82, 2.24) is 4.90 Å². The molecule has 0 unspecified atom stereocenters. The zero-order valence-corrected chi connectivity index (χ0v) is 13.6. The van der Waals surface area contributed by atoms with Gasteiger partial charge in [0, 0.05) is 33.4 Å². The van der Waals surface area contributed by atoms with Gasteiger partial charge >= 0.3 is 0 Å². The standard InChI is InChI=1S/C19H24N2O2/c1-21(18(22)19(14-20)8-10-23-11-9-19)13-15-6-7-16-4-2-3-5-17(16)12-15/h2-7,12H,8-11,13-14,20H2,1H3. The topological polar surface area (TPSA) is 55.6 Å². The quantitative estimate of drug-likeness (QED) is 0.944. The van der Waals surface area contributed by atoms with Crippen LogP contribution in [-0.4, -0.2) is 37.6 Å². The molecule has 0 aliphatic carbocycles. The predicted octanol–water partition coefficient (Wildman–Crippen LogP) is 2.55. The Bertz CT molecular complexity index is 693. The van der Waals surface area contributed by atoms with Crippen molar-refractivity contribution in [2.45, 2.75) is 19.4 Å². The van der Waals surface area contributed by atoms with Crippen LogP contribution >= 0.6 is 0 Å². The molecule has 2 aromatic rings. The fourth-order valence-corrected chi connectivity index (χ4v) is 3.36. The Labute approximate surface area is 137 Å². The fourth-order valence-electron chi connectivity index (χ4n) is 3.36. The van der Waals surface area contributed by atoms with E-state index in [0.717, 1.165) is 5.56 Å². The molecular weight excluding hydrogens is 288 g/mol. The zero-order chi connectivity index (χ0) is 16.3. The van der Waals surface area contributed by atoms with Gasteiger partial charge in [0.15, 0.2) is 0 Å². The highest BCUT2D eigenvalue weighted by molar-refractivity contribution is 5.84. The molecule has 1 heterocycles. The summed E-state index contributed by atoms with van der Waals surface area (Å²) in [5.41, 5.74) is 6.62. The first kappa shape index (κ1) is 16.0. The Hall–Kier alpha value is -1.91. The van der Waals surface area contributed by atoms with Gasteiger partial charge in [0.1, 0.15) is 0 Å². The average molecular weight is 312 g/mol. The van der Waals surface area contributed by atoms with Crippen LogP contribution in [0.1, 0.15) is 18.4 Å². The number of benzene rings is 2. The molecule has 0 spiro atoms. The lowest BCUT2D eigenvalue weighted by Crippen LogP contribution is -2.49. The van der Waals surface area contributed by atoms with Gasteiger partial charge < -0.3 is 15.4 Å². The number of rotatable bonds is 4. The summed E-state index contributed by atoms with van der Waals surface area (Å²) in [4.78, 5) is 14.7. The minimum atomic E-state index is -0.455. The highest BCUT2D eigenvalue weighted by Crippen LogP contribution is 2.31. The Morgan fingerprint density at radius 3 is 2.57 bits per heavy atom. The number of hydrogen-bond donors (Lipinski definition) is 1. The maximum atomic E-state index is 12.9. The number of ether oxygens (including phenoxy) is 1. The van der Waals surface area contributed by atoms with E-state index in [1.54, 1.807) is 0 Å². The number of fused-ring (bicyclic) bond motifs is 1. The third kappa shape index (κ3) is 3.23. The minimum Gasteiger partial charge on any atom is -0.381 e. The number of nitrogens with zero attached hydrogens (tertiary/aromatic N) is 1. The van der Waals surface area contributed by atoms with Gasteiger partial charge in [0.2, 0.25) is 5.91 Å². The smallest absolute Gasteiger partial charge is 0.230 e. The van der Waals surface area contributed by atoms with Crippen molar-refractivity contribution in [2.24, 2.45) is 11.1 Å². The van der Waals surface area contributed by atoms with Gasteiger partial charge in [-0.05, 0) is 35.2 Å². The lowest BCUT2D eigenvalue weighted by atomic mass is 9.79. The molecule has 0 atom stereocenters. The lowest BCUT2D eigenvalue weighted by Gasteiger charge is -2.37. The van der Waals surface area contributed by atoms with Gasteiger partial charge in [-0.1, -0.05) is 36.4 Å². The Morgan fingerprint density at radius 2 is 1.87 bits per heavy atom. The lowest BCUT2D eigenvalue weighted by molar-refractivity contribution is -0.146. The molecule has 2 aromatic carbocycles.